The first-order valence-electron chi connectivity index (χ1n) is 8.49. The van der Waals surface area contributed by atoms with Gasteiger partial charge in [0.2, 0.25) is 0 Å². The van der Waals surface area contributed by atoms with Gasteiger partial charge in [0.1, 0.15) is 0 Å². The summed E-state index contributed by atoms with van der Waals surface area (Å²) in [7, 11) is 0. The highest BCUT2D eigenvalue weighted by Gasteiger charge is 2.24. The van der Waals surface area contributed by atoms with Gasteiger partial charge in [-0.05, 0) is 24.3 Å². The van der Waals surface area contributed by atoms with Gasteiger partial charge in [0, 0.05) is 31.9 Å². The van der Waals surface area contributed by atoms with Gasteiger partial charge in [-0.3, -0.25) is 0 Å². The van der Waals surface area contributed by atoms with Gasteiger partial charge < -0.3 is 15.1 Å². The van der Waals surface area contributed by atoms with E-state index in [-0.39, 0.29) is 6.03 Å². The van der Waals surface area contributed by atoms with Crippen molar-refractivity contribution in [3.8, 4) is 0 Å². The molecule has 0 radical (unpaired) electrons. The molecule has 0 saturated carbocycles. The number of aromatic nitrogens is 2. The van der Waals surface area contributed by atoms with E-state index in [4.69, 9.17) is 11.6 Å². The molecule has 1 aliphatic heterocycles. The molecule has 4 rings (SSSR count). The molecule has 1 aromatic heterocycles. The lowest BCUT2D eigenvalue weighted by Crippen LogP contribution is -2.50. The van der Waals surface area contributed by atoms with Crippen molar-refractivity contribution in [1.29, 1.82) is 0 Å². The number of urea groups is 1. The maximum Gasteiger partial charge on any atom is 0.321 e. The van der Waals surface area contributed by atoms with Crippen molar-refractivity contribution in [2.75, 3.05) is 36.4 Å². The molecule has 0 unspecified atom stereocenters. The largest absolute Gasteiger partial charge is 0.350 e. The number of anilines is 2. The van der Waals surface area contributed by atoms with Crippen LogP contribution in [0.5, 0.6) is 0 Å². The van der Waals surface area contributed by atoms with Crippen molar-refractivity contribution in [1.82, 2.24) is 14.9 Å². The first-order chi connectivity index (χ1) is 12.7. The van der Waals surface area contributed by atoms with Crippen LogP contribution in [-0.2, 0) is 0 Å². The van der Waals surface area contributed by atoms with Crippen molar-refractivity contribution < 1.29 is 4.79 Å². The Labute approximate surface area is 156 Å². The van der Waals surface area contributed by atoms with E-state index in [0.717, 1.165) is 16.7 Å². The Kier molecular flexibility index (Phi) is 4.58. The number of para-hydroxylation sites is 3. The van der Waals surface area contributed by atoms with Crippen LogP contribution in [0.2, 0.25) is 5.15 Å². The fraction of sp³-hybridized carbons (Fsp3) is 0.211. The number of hydrogen-bond donors (Lipinski definition) is 1. The molecule has 1 aliphatic rings. The molecule has 3 aromatic rings. The van der Waals surface area contributed by atoms with Gasteiger partial charge in [0.05, 0.1) is 11.0 Å². The zero-order chi connectivity index (χ0) is 17.9. The number of benzene rings is 2. The Hall–Kier alpha value is -2.86. The normalized spacial score (nSPS) is 14.5. The third kappa shape index (κ3) is 3.41. The van der Waals surface area contributed by atoms with Crippen LogP contribution >= 0.6 is 11.6 Å². The van der Waals surface area contributed by atoms with E-state index in [0.29, 0.717) is 37.1 Å². The summed E-state index contributed by atoms with van der Waals surface area (Å²) >= 11 is 6.33. The second-order valence-electron chi connectivity index (χ2n) is 6.10. The number of rotatable bonds is 2. The van der Waals surface area contributed by atoms with Gasteiger partial charge in [-0.2, -0.15) is 0 Å². The minimum atomic E-state index is -0.0912. The monoisotopic (exact) mass is 367 g/mol. The standard InChI is InChI=1S/C19H18ClN5O/c20-17-18(23-16-9-5-4-8-15(16)22-17)24-10-12-25(13-11-24)19(26)21-14-6-2-1-3-7-14/h1-9H,10-13H2,(H,21,26). The molecular weight excluding hydrogens is 350 g/mol. The number of carbonyl (C=O) groups excluding carboxylic acids is 1. The SMILES string of the molecule is O=C(Nc1ccccc1)N1CCN(c2nc3ccccc3nc2Cl)CC1. The quantitative estimate of drug-likeness (QED) is 0.751. The van der Waals surface area contributed by atoms with Gasteiger partial charge in [-0.1, -0.05) is 41.9 Å². The third-order valence-electron chi connectivity index (χ3n) is 4.40. The van der Waals surface area contributed by atoms with Crippen LogP contribution in [0.4, 0.5) is 16.3 Å². The van der Waals surface area contributed by atoms with Gasteiger partial charge in [0.15, 0.2) is 11.0 Å². The number of piperazine rings is 1. The van der Waals surface area contributed by atoms with E-state index in [9.17, 15) is 4.79 Å². The van der Waals surface area contributed by atoms with Crippen LogP contribution in [0, 0.1) is 0 Å². The number of hydrogen-bond acceptors (Lipinski definition) is 4. The maximum absolute atomic E-state index is 12.4. The number of carbonyl (C=O) groups is 1. The minimum Gasteiger partial charge on any atom is -0.350 e. The highest BCUT2D eigenvalue weighted by Crippen LogP contribution is 2.25. The summed E-state index contributed by atoms with van der Waals surface area (Å²) in [5.41, 5.74) is 2.39. The number of nitrogens with zero attached hydrogens (tertiary/aromatic N) is 4. The average molecular weight is 368 g/mol. The smallest absolute Gasteiger partial charge is 0.321 e. The van der Waals surface area contributed by atoms with E-state index in [1.807, 2.05) is 54.6 Å². The summed E-state index contributed by atoms with van der Waals surface area (Å²) < 4.78 is 0. The highest BCUT2D eigenvalue weighted by atomic mass is 35.5. The van der Waals surface area contributed by atoms with Crippen molar-refractivity contribution in [2.45, 2.75) is 0 Å². The summed E-state index contributed by atoms with van der Waals surface area (Å²) in [6.45, 7) is 2.52. The van der Waals surface area contributed by atoms with Crippen LogP contribution in [0.1, 0.15) is 0 Å². The third-order valence-corrected chi connectivity index (χ3v) is 4.66. The Morgan fingerprint density at radius 2 is 1.50 bits per heavy atom. The van der Waals surface area contributed by atoms with Crippen LogP contribution in [0.25, 0.3) is 11.0 Å². The molecule has 26 heavy (non-hydrogen) atoms. The molecule has 1 saturated heterocycles. The fourth-order valence-corrected chi connectivity index (χ4v) is 3.27. The van der Waals surface area contributed by atoms with E-state index in [1.165, 1.54) is 0 Å². The second kappa shape index (κ2) is 7.17. The summed E-state index contributed by atoms with van der Waals surface area (Å²) in [6.07, 6.45) is 0. The predicted molar refractivity (Wildman–Crippen MR) is 104 cm³/mol. The van der Waals surface area contributed by atoms with Gasteiger partial charge >= 0.3 is 6.03 Å². The Balaban J connectivity index is 1.43. The second-order valence-corrected chi connectivity index (χ2v) is 6.46. The highest BCUT2D eigenvalue weighted by molar-refractivity contribution is 6.32. The molecule has 2 heterocycles. The van der Waals surface area contributed by atoms with Crippen molar-refractivity contribution in [2.24, 2.45) is 0 Å². The topological polar surface area (TPSA) is 61.4 Å². The van der Waals surface area contributed by atoms with Crippen molar-refractivity contribution in [3.63, 3.8) is 0 Å². The fourth-order valence-electron chi connectivity index (χ4n) is 3.02. The molecule has 132 valence electrons. The molecular formula is C19H18ClN5O. The Morgan fingerprint density at radius 3 is 2.19 bits per heavy atom. The zero-order valence-electron chi connectivity index (χ0n) is 14.1. The number of fused-ring (bicyclic) bond motifs is 1. The van der Waals surface area contributed by atoms with Gasteiger partial charge in [-0.15, -0.1) is 0 Å². The van der Waals surface area contributed by atoms with Crippen LogP contribution in [0.3, 0.4) is 0 Å². The average Bonchev–Trinajstić information content (AvgIpc) is 2.68. The Bertz CT molecular complexity index is 926. The lowest BCUT2D eigenvalue weighted by atomic mass is 10.3. The lowest BCUT2D eigenvalue weighted by molar-refractivity contribution is 0.208. The lowest BCUT2D eigenvalue weighted by Gasteiger charge is -2.35. The first-order valence-corrected chi connectivity index (χ1v) is 8.87. The molecule has 0 bridgehead atoms. The van der Waals surface area contributed by atoms with Gasteiger partial charge in [-0.25, -0.2) is 14.8 Å². The summed E-state index contributed by atoms with van der Waals surface area (Å²) in [5, 5.41) is 3.31. The van der Waals surface area contributed by atoms with Crippen molar-refractivity contribution in [3.05, 3.63) is 59.8 Å². The molecule has 0 spiro atoms. The van der Waals surface area contributed by atoms with E-state index >= 15 is 0 Å². The molecule has 0 atom stereocenters. The zero-order valence-corrected chi connectivity index (χ0v) is 14.9. The van der Waals surface area contributed by atoms with Crippen molar-refractivity contribution >= 4 is 40.2 Å². The summed E-state index contributed by atoms with van der Waals surface area (Å²) in [4.78, 5) is 25.3. The number of halogens is 1. The molecule has 2 aromatic carbocycles. The summed E-state index contributed by atoms with van der Waals surface area (Å²) in [5.74, 6) is 0.675. The van der Waals surface area contributed by atoms with E-state index < -0.39 is 0 Å². The van der Waals surface area contributed by atoms with E-state index in [2.05, 4.69) is 20.2 Å². The van der Waals surface area contributed by atoms with Crippen LogP contribution in [-0.4, -0.2) is 47.1 Å². The van der Waals surface area contributed by atoms with Crippen LogP contribution < -0.4 is 10.2 Å². The molecule has 0 aliphatic carbocycles. The molecule has 6 nitrogen and oxygen atoms in total. The van der Waals surface area contributed by atoms with Gasteiger partial charge in [0.25, 0.3) is 0 Å². The molecule has 1 fully saturated rings. The molecule has 1 N–H and O–H groups in total. The number of nitrogens with one attached hydrogen (secondary N) is 1. The first kappa shape index (κ1) is 16.6. The van der Waals surface area contributed by atoms with Crippen LogP contribution in [0.15, 0.2) is 54.6 Å². The minimum absolute atomic E-state index is 0.0912. The van der Waals surface area contributed by atoms with E-state index in [1.54, 1.807) is 4.90 Å². The summed E-state index contributed by atoms with van der Waals surface area (Å²) in [6, 6.07) is 17.0. The molecule has 2 amide bonds. The maximum atomic E-state index is 12.4. The Morgan fingerprint density at radius 1 is 0.885 bits per heavy atom. The molecule has 7 heteroatoms. The predicted octanol–water partition coefficient (Wildman–Crippen LogP) is 3.64. The number of amides is 2.